The normalized spacial score (nSPS) is 18.2. The number of piperidine rings is 2. The summed E-state index contributed by atoms with van der Waals surface area (Å²) in [6.07, 6.45) is 7.35. The summed E-state index contributed by atoms with van der Waals surface area (Å²) in [5, 5.41) is 8.78. The van der Waals surface area contributed by atoms with E-state index in [-0.39, 0.29) is 35.3 Å². The van der Waals surface area contributed by atoms with Gasteiger partial charge in [0.25, 0.3) is 0 Å². The lowest BCUT2D eigenvalue weighted by molar-refractivity contribution is -0.134. The lowest BCUT2D eigenvalue weighted by atomic mass is 9.89. The number of amides is 2. The average molecular weight is 953 g/mol. The number of piperazine rings is 1. The van der Waals surface area contributed by atoms with Gasteiger partial charge in [-0.1, -0.05) is 6.92 Å². The summed E-state index contributed by atoms with van der Waals surface area (Å²) in [6, 6.07) is 11.3. The van der Waals surface area contributed by atoms with Crippen LogP contribution in [0.15, 0.2) is 59.3 Å². The van der Waals surface area contributed by atoms with Crippen molar-refractivity contribution in [2.75, 3.05) is 74.7 Å². The number of nitrogens with one attached hydrogen (secondary N) is 3. The van der Waals surface area contributed by atoms with Gasteiger partial charge < -0.3 is 25.2 Å². The zero-order chi connectivity index (χ0) is 44.6. The summed E-state index contributed by atoms with van der Waals surface area (Å²) >= 11 is 3.48. The Kier molecular flexibility index (Phi) is 13.0. The third-order valence-electron chi connectivity index (χ3n) is 12.3. The van der Waals surface area contributed by atoms with Crippen molar-refractivity contribution in [3.8, 4) is 5.75 Å². The Morgan fingerprint density at radius 3 is 2.32 bits per heavy atom. The topological polar surface area (TPSA) is 154 Å². The second-order valence-corrected chi connectivity index (χ2v) is 18.9. The van der Waals surface area contributed by atoms with E-state index in [4.69, 9.17) is 4.74 Å². The Bertz CT molecular complexity index is 2650. The van der Waals surface area contributed by atoms with Crippen LogP contribution in [0.1, 0.15) is 55.2 Å². The second kappa shape index (κ2) is 18.5. The van der Waals surface area contributed by atoms with E-state index in [0.717, 1.165) is 80.0 Å². The van der Waals surface area contributed by atoms with E-state index in [1.54, 1.807) is 13.3 Å². The summed E-state index contributed by atoms with van der Waals surface area (Å²) in [7, 11) is -2.11. The SMILES string of the molecule is CCc1cc(Nc2ncc(Br)c(Nc3ccc(F)c4ccn(S(C)(=O)=O)c34)n2)c(OC)cc1N1CCC(N2CCN(CCc3cc(F)c([C@H]4CCC(=O)NC4=O)c(F)c3)CC2)CC1. The van der Waals surface area contributed by atoms with Crippen LogP contribution in [0.3, 0.4) is 0 Å². The summed E-state index contributed by atoms with van der Waals surface area (Å²) in [5.74, 6) is -2.92. The predicted octanol–water partition coefficient (Wildman–Crippen LogP) is 6.83. The van der Waals surface area contributed by atoms with E-state index in [2.05, 4.69) is 69.5 Å². The first-order valence-corrected chi connectivity index (χ1v) is 23.6. The van der Waals surface area contributed by atoms with Crippen LogP contribution < -0.4 is 25.6 Å². The number of hydrogen-bond donors (Lipinski definition) is 3. The highest BCUT2D eigenvalue weighted by Gasteiger charge is 2.33. The van der Waals surface area contributed by atoms with Crippen LogP contribution in [0, 0.1) is 17.5 Å². The van der Waals surface area contributed by atoms with Crippen molar-refractivity contribution in [3.63, 3.8) is 0 Å². The number of methoxy groups -OCH3 is 1. The second-order valence-electron chi connectivity index (χ2n) is 16.2. The third kappa shape index (κ3) is 9.51. The first-order valence-electron chi connectivity index (χ1n) is 21.0. The maximum Gasteiger partial charge on any atom is 0.236 e. The zero-order valence-electron chi connectivity index (χ0n) is 35.2. The molecular formula is C44H49BrF3N9O5S. The number of aryl methyl sites for hydroxylation is 1. The molecule has 3 N–H and O–H groups in total. The largest absolute Gasteiger partial charge is 0.494 e. The van der Waals surface area contributed by atoms with Crippen molar-refractivity contribution in [1.29, 1.82) is 0 Å². The minimum atomic E-state index is -3.73. The van der Waals surface area contributed by atoms with Gasteiger partial charge >= 0.3 is 0 Å². The summed E-state index contributed by atoms with van der Waals surface area (Å²) in [5.41, 5.74) is 3.69. The quantitative estimate of drug-likeness (QED) is 0.106. The number of benzene rings is 3. The van der Waals surface area contributed by atoms with Crippen molar-refractivity contribution in [2.45, 2.75) is 57.4 Å². The molecule has 5 heterocycles. The maximum atomic E-state index is 15.1. The number of aromatic nitrogens is 3. The monoisotopic (exact) mass is 951 g/mol. The van der Waals surface area contributed by atoms with Gasteiger partial charge in [0.2, 0.25) is 27.8 Å². The standard InChI is InChI=1S/C44H49BrF3N9O5S/c1-4-27-23-36(51-44-49-25-31(45)42(53-44)50-35-7-6-32(46)29-12-16-57(41(29)35)63(3,60)61)38(62-2)24-37(27)56-14-10-28(11-15-56)55-19-17-54(18-20-55)13-9-26-21-33(47)40(34(48)22-26)30-5-8-39(58)52-43(30)59/h6-7,12,16,21-25,28,30H,4-5,8-11,13-15,17-20H2,1-3H3,(H,52,58,59)(H2,49,50,51,53)/t30-/m1/s1. The molecule has 3 aromatic carbocycles. The number of halogens is 4. The molecule has 2 amide bonds. The van der Waals surface area contributed by atoms with Gasteiger partial charge in [-0.05, 0) is 95.6 Å². The molecule has 8 rings (SSSR count). The van der Waals surface area contributed by atoms with Crippen molar-refractivity contribution < 1.29 is 35.9 Å². The Balaban J connectivity index is 0.869. The molecule has 14 nitrogen and oxygen atoms in total. The minimum Gasteiger partial charge on any atom is -0.494 e. The van der Waals surface area contributed by atoms with Gasteiger partial charge in [-0.25, -0.2) is 30.5 Å². The number of carbonyl (C=O) groups is 2. The molecule has 1 atom stereocenters. The Morgan fingerprint density at radius 1 is 0.921 bits per heavy atom. The summed E-state index contributed by atoms with van der Waals surface area (Å²) in [4.78, 5) is 40.2. The molecule has 63 heavy (non-hydrogen) atoms. The van der Waals surface area contributed by atoms with Crippen LogP contribution in [0.25, 0.3) is 10.9 Å². The first-order chi connectivity index (χ1) is 30.2. The van der Waals surface area contributed by atoms with E-state index in [1.807, 2.05) is 6.07 Å². The molecule has 0 aliphatic carbocycles. The Hall–Kier alpha value is -5.24. The number of rotatable bonds is 13. The Labute approximate surface area is 372 Å². The zero-order valence-corrected chi connectivity index (χ0v) is 37.6. The number of imide groups is 1. The van der Waals surface area contributed by atoms with Crippen molar-refractivity contribution in [1.82, 2.24) is 29.1 Å². The fourth-order valence-electron chi connectivity index (χ4n) is 8.99. The molecule has 3 fully saturated rings. The van der Waals surface area contributed by atoms with Gasteiger partial charge in [0.05, 0.1) is 40.6 Å². The van der Waals surface area contributed by atoms with Gasteiger partial charge in [-0.3, -0.25) is 19.8 Å². The minimum absolute atomic E-state index is 0.0543. The molecular weight excluding hydrogens is 904 g/mol. The molecule has 0 radical (unpaired) electrons. The van der Waals surface area contributed by atoms with Crippen molar-refractivity contribution in [2.24, 2.45) is 0 Å². The summed E-state index contributed by atoms with van der Waals surface area (Å²) in [6.45, 7) is 8.08. The van der Waals surface area contributed by atoms with E-state index in [1.165, 1.54) is 36.5 Å². The summed E-state index contributed by atoms with van der Waals surface area (Å²) < 4.78 is 77.3. The first kappa shape index (κ1) is 44.4. The van der Waals surface area contributed by atoms with Crippen LogP contribution in [0.5, 0.6) is 5.75 Å². The molecule has 0 spiro atoms. The number of hydrogen-bond acceptors (Lipinski definition) is 12. The molecule has 3 aliphatic heterocycles. The highest BCUT2D eigenvalue weighted by atomic mass is 79.9. The number of ether oxygens (including phenoxy) is 1. The lowest BCUT2D eigenvalue weighted by Crippen LogP contribution is -2.53. The van der Waals surface area contributed by atoms with Gasteiger partial charge in [-0.15, -0.1) is 0 Å². The molecule has 2 aromatic heterocycles. The van der Waals surface area contributed by atoms with Crippen molar-refractivity contribution in [3.05, 3.63) is 93.5 Å². The van der Waals surface area contributed by atoms with Gasteiger partial charge in [0, 0.05) is 93.4 Å². The average Bonchev–Trinajstić information content (AvgIpc) is 3.74. The lowest BCUT2D eigenvalue weighted by Gasteiger charge is -2.43. The van der Waals surface area contributed by atoms with Crippen LogP contribution in [0.2, 0.25) is 0 Å². The van der Waals surface area contributed by atoms with Crippen molar-refractivity contribution >= 4 is 77.5 Å². The van der Waals surface area contributed by atoms with Crippen LogP contribution >= 0.6 is 15.9 Å². The molecule has 19 heteroatoms. The van der Waals surface area contributed by atoms with Crippen LogP contribution in [-0.2, 0) is 32.5 Å². The highest BCUT2D eigenvalue weighted by Crippen LogP contribution is 2.38. The van der Waals surface area contributed by atoms with Crippen LogP contribution in [0.4, 0.5) is 42.0 Å². The molecule has 5 aromatic rings. The molecule has 0 bridgehead atoms. The van der Waals surface area contributed by atoms with Gasteiger partial charge in [-0.2, -0.15) is 4.98 Å². The fourth-order valence-corrected chi connectivity index (χ4v) is 10.1. The maximum absolute atomic E-state index is 15.1. The predicted molar refractivity (Wildman–Crippen MR) is 239 cm³/mol. The number of nitrogens with zero attached hydrogens (tertiary/aromatic N) is 6. The fraction of sp³-hybridized carbons (Fsp3) is 0.409. The van der Waals surface area contributed by atoms with E-state index in [9.17, 15) is 22.4 Å². The molecule has 3 saturated heterocycles. The Morgan fingerprint density at radius 2 is 1.65 bits per heavy atom. The van der Waals surface area contributed by atoms with Crippen LogP contribution in [-0.4, -0.2) is 109 Å². The molecule has 334 valence electrons. The molecule has 3 aliphatic rings. The van der Waals surface area contributed by atoms with E-state index < -0.39 is 45.2 Å². The molecule has 0 unspecified atom stereocenters. The van der Waals surface area contributed by atoms with E-state index >= 15 is 8.78 Å². The van der Waals surface area contributed by atoms with Gasteiger partial charge in [0.1, 0.15) is 29.0 Å². The number of fused-ring (bicyclic) bond motifs is 1. The smallest absolute Gasteiger partial charge is 0.236 e. The third-order valence-corrected chi connectivity index (χ3v) is 13.9. The molecule has 0 saturated carbocycles. The number of anilines is 5. The van der Waals surface area contributed by atoms with Gasteiger partial charge in [0.15, 0.2) is 0 Å². The number of carbonyl (C=O) groups excluding carboxylic acids is 2. The highest BCUT2D eigenvalue weighted by molar-refractivity contribution is 9.10. The van der Waals surface area contributed by atoms with E-state index in [0.29, 0.717) is 52.0 Å².